The lowest BCUT2D eigenvalue weighted by atomic mass is 10.1. The minimum absolute atomic E-state index is 0.0734. The third-order valence-corrected chi connectivity index (χ3v) is 2.88. The monoisotopic (exact) mass is 303 g/mol. The van der Waals surface area contributed by atoms with E-state index in [1.807, 2.05) is 0 Å². The van der Waals surface area contributed by atoms with Crippen molar-refractivity contribution in [1.82, 2.24) is 5.32 Å². The van der Waals surface area contributed by atoms with Crippen molar-refractivity contribution in [2.45, 2.75) is 19.4 Å². The Morgan fingerprint density at radius 3 is 2.76 bits per heavy atom. The first-order chi connectivity index (χ1) is 7.90. The molecule has 1 rings (SSSR count). The van der Waals surface area contributed by atoms with E-state index in [1.165, 1.54) is 25.1 Å². The quantitative estimate of drug-likeness (QED) is 0.890. The summed E-state index contributed by atoms with van der Waals surface area (Å²) < 4.78 is 13.6. The topological polar surface area (TPSA) is 66.4 Å². The van der Waals surface area contributed by atoms with Crippen molar-refractivity contribution < 1.29 is 19.1 Å². The van der Waals surface area contributed by atoms with E-state index in [2.05, 4.69) is 21.2 Å². The van der Waals surface area contributed by atoms with Crippen molar-refractivity contribution in [3.63, 3.8) is 0 Å². The summed E-state index contributed by atoms with van der Waals surface area (Å²) in [6, 6.07) is 3.04. The molecule has 0 radical (unpaired) electrons. The fourth-order valence-electron chi connectivity index (χ4n) is 1.21. The van der Waals surface area contributed by atoms with Gasteiger partial charge in [-0.1, -0.05) is 15.9 Å². The lowest BCUT2D eigenvalue weighted by molar-refractivity contribution is -0.141. The standard InChI is InChI=1S/C11H11BrFNO3/c1-6(11(16)17)14-10(15)5-7-4-8(13)2-3-9(7)12/h2-4,6H,5H2,1H3,(H,14,15)(H,16,17). The van der Waals surface area contributed by atoms with Crippen LogP contribution < -0.4 is 5.32 Å². The van der Waals surface area contributed by atoms with Gasteiger partial charge >= 0.3 is 5.97 Å². The number of carbonyl (C=O) groups excluding carboxylic acids is 1. The molecule has 0 bridgehead atoms. The van der Waals surface area contributed by atoms with Gasteiger partial charge in [-0.2, -0.15) is 0 Å². The molecule has 0 aliphatic heterocycles. The Hall–Kier alpha value is -1.43. The van der Waals surface area contributed by atoms with Crippen molar-refractivity contribution in [2.75, 3.05) is 0 Å². The summed E-state index contributed by atoms with van der Waals surface area (Å²) in [6.07, 6.45) is -0.0734. The molecule has 1 atom stereocenters. The molecule has 0 aliphatic carbocycles. The second-order valence-electron chi connectivity index (χ2n) is 3.54. The highest BCUT2D eigenvalue weighted by Crippen LogP contribution is 2.18. The van der Waals surface area contributed by atoms with Crippen molar-refractivity contribution in [2.24, 2.45) is 0 Å². The fourth-order valence-corrected chi connectivity index (χ4v) is 1.59. The van der Waals surface area contributed by atoms with Crippen LogP contribution in [0.4, 0.5) is 4.39 Å². The Labute approximate surface area is 106 Å². The number of carboxylic acid groups (broad SMARTS) is 1. The number of aliphatic carboxylic acids is 1. The predicted octanol–water partition coefficient (Wildman–Crippen LogP) is 1.72. The van der Waals surface area contributed by atoms with Gasteiger partial charge in [0.2, 0.25) is 5.91 Å². The van der Waals surface area contributed by atoms with E-state index >= 15 is 0 Å². The Bertz CT molecular complexity index is 450. The van der Waals surface area contributed by atoms with Crippen LogP contribution >= 0.6 is 15.9 Å². The van der Waals surface area contributed by atoms with Crippen LogP contribution in [0.25, 0.3) is 0 Å². The Balaban J connectivity index is 2.68. The molecule has 4 nitrogen and oxygen atoms in total. The van der Waals surface area contributed by atoms with Gasteiger partial charge in [0, 0.05) is 4.47 Å². The molecule has 6 heteroatoms. The molecule has 0 spiro atoms. The van der Waals surface area contributed by atoms with Crippen molar-refractivity contribution in [3.05, 3.63) is 34.1 Å². The van der Waals surface area contributed by atoms with E-state index in [-0.39, 0.29) is 6.42 Å². The Morgan fingerprint density at radius 1 is 1.53 bits per heavy atom. The summed E-state index contributed by atoms with van der Waals surface area (Å²) in [5.41, 5.74) is 0.472. The Morgan fingerprint density at radius 2 is 2.18 bits per heavy atom. The van der Waals surface area contributed by atoms with Gasteiger partial charge in [-0.15, -0.1) is 0 Å². The van der Waals surface area contributed by atoms with Crippen molar-refractivity contribution in [1.29, 1.82) is 0 Å². The molecule has 92 valence electrons. The minimum atomic E-state index is -1.11. The molecule has 1 aromatic carbocycles. The first kappa shape index (κ1) is 13.6. The average Bonchev–Trinajstić information content (AvgIpc) is 2.23. The first-order valence-corrected chi connectivity index (χ1v) is 5.65. The van der Waals surface area contributed by atoms with Gasteiger partial charge in [-0.25, -0.2) is 4.39 Å². The van der Waals surface area contributed by atoms with E-state index in [0.717, 1.165) is 0 Å². The number of nitrogens with one attached hydrogen (secondary N) is 1. The van der Waals surface area contributed by atoms with E-state index in [1.54, 1.807) is 0 Å². The second-order valence-corrected chi connectivity index (χ2v) is 4.39. The van der Waals surface area contributed by atoms with Crippen LogP contribution in [0.2, 0.25) is 0 Å². The number of halogens is 2. The highest BCUT2D eigenvalue weighted by molar-refractivity contribution is 9.10. The van der Waals surface area contributed by atoms with Crippen LogP contribution in [0.1, 0.15) is 12.5 Å². The van der Waals surface area contributed by atoms with Gasteiger partial charge in [-0.3, -0.25) is 9.59 Å². The highest BCUT2D eigenvalue weighted by Gasteiger charge is 2.15. The molecule has 1 amide bonds. The summed E-state index contributed by atoms with van der Waals surface area (Å²) in [5.74, 6) is -2.02. The van der Waals surface area contributed by atoms with Crippen LogP contribution in [0.3, 0.4) is 0 Å². The summed E-state index contributed by atoms with van der Waals surface area (Å²) in [7, 11) is 0. The number of hydrogen-bond donors (Lipinski definition) is 2. The SMILES string of the molecule is CC(NC(=O)Cc1cc(F)ccc1Br)C(=O)O. The zero-order valence-electron chi connectivity index (χ0n) is 9.04. The third kappa shape index (κ3) is 4.14. The number of amides is 1. The maximum atomic E-state index is 12.9. The lowest BCUT2D eigenvalue weighted by Crippen LogP contribution is -2.39. The third-order valence-electron chi connectivity index (χ3n) is 2.11. The van der Waals surface area contributed by atoms with E-state index in [0.29, 0.717) is 10.0 Å². The minimum Gasteiger partial charge on any atom is -0.480 e. The molecule has 0 aliphatic rings. The van der Waals surface area contributed by atoms with Gasteiger partial charge in [0.15, 0.2) is 0 Å². The lowest BCUT2D eigenvalue weighted by Gasteiger charge is -2.10. The van der Waals surface area contributed by atoms with E-state index in [9.17, 15) is 14.0 Å². The highest BCUT2D eigenvalue weighted by atomic mass is 79.9. The number of carbonyl (C=O) groups is 2. The molecule has 1 aromatic rings. The average molecular weight is 304 g/mol. The van der Waals surface area contributed by atoms with E-state index < -0.39 is 23.7 Å². The van der Waals surface area contributed by atoms with Crippen LogP contribution in [0, 0.1) is 5.82 Å². The summed E-state index contributed by atoms with van der Waals surface area (Å²) in [5, 5.41) is 10.9. The molecule has 0 heterocycles. The molecule has 0 fully saturated rings. The van der Waals surface area contributed by atoms with Crippen LogP contribution in [-0.2, 0) is 16.0 Å². The zero-order valence-corrected chi connectivity index (χ0v) is 10.6. The maximum absolute atomic E-state index is 12.9. The van der Waals surface area contributed by atoms with Gasteiger partial charge in [0.05, 0.1) is 6.42 Å². The first-order valence-electron chi connectivity index (χ1n) is 4.86. The van der Waals surface area contributed by atoms with Crippen molar-refractivity contribution in [3.8, 4) is 0 Å². The number of carboxylic acids is 1. The number of hydrogen-bond acceptors (Lipinski definition) is 2. The predicted molar refractivity (Wildman–Crippen MR) is 63.0 cm³/mol. The molecule has 0 saturated heterocycles. The number of benzene rings is 1. The van der Waals surface area contributed by atoms with Gasteiger partial charge in [-0.05, 0) is 30.7 Å². The molecule has 0 saturated carbocycles. The van der Waals surface area contributed by atoms with Gasteiger partial charge in [0.25, 0.3) is 0 Å². The zero-order chi connectivity index (χ0) is 13.0. The van der Waals surface area contributed by atoms with Gasteiger partial charge < -0.3 is 10.4 Å². The summed E-state index contributed by atoms with van der Waals surface area (Å²) >= 11 is 3.19. The smallest absolute Gasteiger partial charge is 0.325 e. The van der Waals surface area contributed by atoms with Crippen LogP contribution in [-0.4, -0.2) is 23.0 Å². The van der Waals surface area contributed by atoms with Crippen LogP contribution in [0.15, 0.2) is 22.7 Å². The molecular formula is C11H11BrFNO3. The fraction of sp³-hybridized carbons (Fsp3) is 0.273. The number of rotatable bonds is 4. The second kappa shape index (κ2) is 5.77. The molecule has 17 heavy (non-hydrogen) atoms. The summed E-state index contributed by atoms with van der Waals surface area (Å²) in [6.45, 7) is 1.36. The van der Waals surface area contributed by atoms with Crippen molar-refractivity contribution >= 4 is 27.8 Å². The summed E-state index contributed by atoms with van der Waals surface area (Å²) in [4.78, 5) is 22.0. The normalized spacial score (nSPS) is 11.9. The maximum Gasteiger partial charge on any atom is 0.325 e. The largest absolute Gasteiger partial charge is 0.480 e. The molecule has 1 unspecified atom stereocenters. The Kier molecular flexibility index (Phi) is 4.62. The molecular weight excluding hydrogens is 293 g/mol. The van der Waals surface area contributed by atoms with E-state index in [4.69, 9.17) is 5.11 Å². The molecule has 2 N–H and O–H groups in total. The molecule has 0 aromatic heterocycles. The van der Waals surface area contributed by atoms with Gasteiger partial charge in [0.1, 0.15) is 11.9 Å². The van der Waals surface area contributed by atoms with Crippen LogP contribution in [0.5, 0.6) is 0 Å².